The van der Waals surface area contributed by atoms with Crippen molar-refractivity contribution < 1.29 is 19.7 Å². The normalized spacial score (nSPS) is 27.7. The van der Waals surface area contributed by atoms with E-state index >= 15 is 0 Å². The summed E-state index contributed by atoms with van der Waals surface area (Å²) in [6.45, 7) is 4.09. The van der Waals surface area contributed by atoms with Crippen LogP contribution in [0.2, 0.25) is 6.82 Å². The monoisotopic (exact) mass is 201 g/mol. The molecule has 1 unspecified atom stereocenters. The van der Waals surface area contributed by atoms with Gasteiger partial charge in [0.05, 0.1) is 12.7 Å². The molecule has 0 radical (unpaired) electrons. The predicted molar refractivity (Wildman–Crippen MR) is 51.6 cm³/mol. The molecular weight excluding hydrogens is 185 g/mol. The van der Waals surface area contributed by atoms with E-state index in [4.69, 9.17) is 4.74 Å². The van der Waals surface area contributed by atoms with Gasteiger partial charge in [0.1, 0.15) is 6.04 Å². The van der Waals surface area contributed by atoms with E-state index in [0.29, 0.717) is 13.0 Å². The van der Waals surface area contributed by atoms with Gasteiger partial charge in [0.15, 0.2) is 0 Å². The van der Waals surface area contributed by atoms with Gasteiger partial charge in [-0.15, -0.1) is 0 Å². The molecule has 2 N–H and O–H groups in total. The molecule has 80 valence electrons. The second kappa shape index (κ2) is 4.77. The van der Waals surface area contributed by atoms with Gasteiger partial charge in [0.25, 0.3) is 0 Å². The molecule has 5 nitrogen and oxygen atoms in total. The Morgan fingerprint density at radius 2 is 2.36 bits per heavy atom. The maximum absolute atomic E-state index is 11.4. The molecule has 0 spiro atoms. The molecule has 1 rings (SSSR count). The van der Waals surface area contributed by atoms with Gasteiger partial charge in [-0.25, -0.2) is 0 Å². The second-order valence-corrected chi connectivity index (χ2v) is 3.42. The summed E-state index contributed by atoms with van der Waals surface area (Å²) < 4.78 is 4.82. The van der Waals surface area contributed by atoms with Gasteiger partial charge in [-0.2, -0.15) is 0 Å². The van der Waals surface area contributed by atoms with Crippen molar-refractivity contribution in [3.63, 3.8) is 0 Å². The summed E-state index contributed by atoms with van der Waals surface area (Å²) in [6, 6.07) is -0.713. The number of hydrogen-bond donors (Lipinski definition) is 2. The number of nitrogens with zero attached hydrogens (tertiary/aromatic N) is 1. The van der Waals surface area contributed by atoms with Gasteiger partial charge in [0, 0.05) is 0 Å². The van der Waals surface area contributed by atoms with E-state index in [1.807, 2.05) is 0 Å². The first-order valence-electron chi connectivity index (χ1n) is 4.86. The van der Waals surface area contributed by atoms with Gasteiger partial charge >= 0.3 is 13.0 Å². The smallest absolute Gasteiger partial charge is 0.377 e. The Balaban J connectivity index is 2.66. The van der Waals surface area contributed by atoms with Gasteiger partial charge < -0.3 is 19.7 Å². The highest BCUT2D eigenvalue weighted by Crippen LogP contribution is 2.19. The molecule has 0 aromatic rings. The van der Waals surface area contributed by atoms with E-state index in [1.54, 1.807) is 18.6 Å². The molecule has 1 aliphatic heterocycles. The summed E-state index contributed by atoms with van der Waals surface area (Å²) in [5, 5.41) is 18.9. The maximum atomic E-state index is 11.4. The van der Waals surface area contributed by atoms with Crippen LogP contribution in [0.25, 0.3) is 0 Å². The lowest BCUT2D eigenvalue weighted by molar-refractivity contribution is -0.149. The van der Waals surface area contributed by atoms with E-state index in [1.165, 1.54) is 0 Å². The summed E-state index contributed by atoms with van der Waals surface area (Å²) in [5.41, 5.74) is 0. The van der Waals surface area contributed by atoms with Crippen molar-refractivity contribution in [3.05, 3.63) is 0 Å². The van der Waals surface area contributed by atoms with Crippen LogP contribution in [0.1, 0.15) is 13.3 Å². The molecule has 2 atom stereocenters. The highest BCUT2D eigenvalue weighted by atomic mass is 16.5. The summed E-state index contributed by atoms with van der Waals surface area (Å²) in [6.07, 6.45) is -0.238. The molecule has 6 heteroatoms. The first-order valence-corrected chi connectivity index (χ1v) is 4.86. The lowest BCUT2D eigenvalue weighted by Gasteiger charge is -2.24. The third-order valence-corrected chi connectivity index (χ3v) is 2.41. The van der Waals surface area contributed by atoms with Crippen molar-refractivity contribution in [1.29, 1.82) is 0 Å². The van der Waals surface area contributed by atoms with Crippen LogP contribution in [-0.2, 0) is 9.53 Å². The van der Waals surface area contributed by atoms with E-state index in [9.17, 15) is 14.9 Å². The zero-order valence-corrected chi connectivity index (χ0v) is 8.51. The number of rotatable bonds is 3. The molecule has 1 saturated heterocycles. The number of carbonyl (C=O) groups is 1. The van der Waals surface area contributed by atoms with Gasteiger partial charge in [-0.1, -0.05) is 0 Å². The van der Waals surface area contributed by atoms with Crippen LogP contribution >= 0.6 is 0 Å². The minimum atomic E-state index is -0.735. The molecule has 0 bridgehead atoms. The van der Waals surface area contributed by atoms with Gasteiger partial charge in [-0.3, -0.25) is 4.79 Å². The van der Waals surface area contributed by atoms with Crippen LogP contribution in [0.4, 0.5) is 0 Å². The van der Waals surface area contributed by atoms with Crippen molar-refractivity contribution in [2.75, 3.05) is 13.2 Å². The molecular formula is C8H16BNO4. The molecule has 0 amide bonds. The second-order valence-electron chi connectivity index (χ2n) is 3.42. The molecule has 0 aromatic heterocycles. The lowest BCUT2D eigenvalue weighted by atomic mass is 9.84. The lowest BCUT2D eigenvalue weighted by Crippen LogP contribution is -2.49. The first kappa shape index (κ1) is 11.5. The molecule has 1 heterocycles. The fourth-order valence-electron chi connectivity index (χ4n) is 1.74. The number of ether oxygens (including phenoxy) is 1. The van der Waals surface area contributed by atoms with Crippen molar-refractivity contribution in [2.24, 2.45) is 0 Å². The van der Waals surface area contributed by atoms with E-state index in [0.717, 1.165) is 0 Å². The number of hydrogen-bond acceptors (Lipinski definition) is 5. The van der Waals surface area contributed by atoms with E-state index in [2.05, 4.69) is 0 Å². The van der Waals surface area contributed by atoms with Crippen LogP contribution in [0.3, 0.4) is 0 Å². The van der Waals surface area contributed by atoms with Gasteiger partial charge in [0.2, 0.25) is 0 Å². The van der Waals surface area contributed by atoms with Crippen LogP contribution in [-0.4, -0.2) is 53.3 Å². The Kier molecular flexibility index (Phi) is 3.91. The molecule has 0 aliphatic carbocycles. The quantitative estimate of drug-likeness (QED) is 0.457. The number of aliphatic hydroxyl groups is 1. The Bertz CT molecular complexity index is 212. The summed E-state index contributed by atoms with van der Waals surface area (Å²) in [4.78, 5) is 13.0. The highest BCUT2D eigenvalue weighted by Gasteiger charge is 2.42. The third kappa shape index (κ3) is 2.26. The van der Waals surface area contributed by atoms with Crippen molar-refractivity contribution in [3.8, 4) is 0 Å². The first-order chi connectivity index (χ1) is 6.57. The highest BCUT2D eigenvalue weighted by molar-refractivity contribution is 6.45. The minimum Gasteiger partial charge on any atom is -0.465 e. The topological polar surface area (TPSA) is 70.0 Å². The average molecular weight is 201 g/mol. The SMILES string of the molecule is CCOC(=O)[C@H]1C(O)CCN1B(C)O. The maximum Gasteiger partial charge on any atom is 0.377 e. The van der Waals surface area contributed by atoms with E-state index in [-0.39, 0.29) is 6.61 Å². The van der Waals surface area contributed by atoms with Crippen LogP contribution in [0.5, 0.6) is 0 Å². The fourth-order valence-corrected chi connectivity index (χ4v) is 1.74. The van der Waals surface area contributed by atoms with Crippen LogP contribution in [0.15, 0.2) is 0 Å². The summed E-state index contributed by atoms with van der Waals surface area (Å²) >= 11 is 0. The molecule has 0 saturated carbocycles. The zero-order valence-electron chi connectivity index (χ0n) is 8.51. The summed E-state index contributed by atoms with van der Waals surface area (Å²) in [5.74, 6) is -0.460. The van der Waals surface area contributed by atoms with Crippen molar-refractivity contribution in [2.45, 2.75) is 32.3 Å². The molecule has 1 fully saturated rings. The Morgan fingerprint density at radius 3 is 2.86 bits per heavy atom. The van der Waals surface area contributed by atoms with Crippen molar-refractivity contribution >= 4 is 13.0 Å². The van der Waals surface area contributed by atoms with E-state index < -0.39 is 25.2 Å². The number of esters is 1. The predicted octanol–water partition coefficient (Wildman–Crippen LogP) is -0.905. The van der Waals surface area contributed by atoms with Crippen LogP contribution in [0, 0.1) is 0 Å². The molecule has 0 aromatic carbocycles. The Hall–Kier alpha value is -0.585. The number of carbonyl (C=O) groups excluding carboxylic acids is 1. The molecule has 1 aliphatic rings. The molecule has 14 heavy (non-hydrogen) atoms. The third-order valence-electron chi connectivity index (χ3n) is 2.41. The van der Waals surface area contributed by atoms with Crippen molar-refractivity contribution in [1.82, 2.24) is 4.81 Å². The van der Waals surface area contributed by atoms with Crippen LogP contribution < -0.4 is 0 Å². The number of aliphatic hydroxyl groups excluding tert-OH is 1. The fraction of sp³-hybridized carbons (Fsp3) is 0.875. The largest absolute Gasteiger partial charge is 0.465 e. The average Bonchev–Trinajstić information content (AvgIpc) is 2.47. The Labute approximate surface area is 83.8 Å². The van der Waals surface area contributed by atoms with Gasteiger partial charge in [-0.05, 0) is 26.7 Å². The summed E-state index contributed by atoms with van der Waals surface area (Å²) in [7, 11) is -0.735. The Morgan fingerprint density at radius 1 is 1.71 bits per heavy atom. The minimum absolute atomic E-state index is 0.287. The standard InChI is InChI=1S/C8H16BNO4/c1-3-14-8(12)7-6(11)4-5-10(7)9(2)13/h6-7,11,13H,3-5H2,1-2H3/t6?,7-/m1/s1. The zero-order chi connectivity index (χ0) is 10.7.